The molecule has 9 heteroatoms. The summed E-state index contributed by atoms with van der Waals surface area (Å²) in [5, 5.41) is 2.00. The van der Waals surface area contributed by atoms with Crippen molar-refractivity contribution in [3.05, 3.63) is 65.0 Å². The van der Waals surface area contributed by atoms with Gasteiger partial charge in [0.05, 0.1) is 5.69 Å². The molecule has 2 rings (SSSR count). The number of nitrogens with zero attached hydrogens (tertiary/aromatic N) is 3. The lowest BCUT2D eigenvalue weighted by Gasteiger charge is -2.24. The summed E-state index contributed by atoms with van der Waals surface area (Å²) in [5.41, 5.74) is 3.50. The molecule has 0 heterocycles. The number of hydrogen-bond donors (Lipinski definition) is 2. The molecule has 0 saturated heterocycles. The number of nitrogens with two attached hydrogens (primary N) is 2. The van der Waals surface area contributed by atoms with Crippen molar-refractivity contribution in [3.63, 3.8) is 0 Å². The Bertz CT molecular complexity index is 876. The van der Waals surface area contributed by atoms with Crippen molar-refractivity contribution in [1.82, 2.24) is 5.01 Å². The molecule has 0 atom stereocenters. The van der Waals surface area contributed by atoms with Crippen molar-refractivity contribution in [1.29, 1.82) is 0 Å². The fourth-order valence-electron chi connectivity index (χ4n) is 2.65. The van der Waals surface area contributed by atoms with Crippen LogP contribution in [0.1, 0.15) is 16.7 Å². The van der Waals surface area contributed by atoms with Gasteiger partial charge in [0.25, 0.3) is 0 Å². The monoisotopic (exact) mass is 435 g/mol. The molecular formula is C20H26FN5OS2. The Morgan fingerprint density at radius 2 is 1.93 bits per heavy atom. The Hall–Kier alpha value is -2.07. The molecule has 0 unspecified atom stereocenters. The van der Waals surface area contributed by atoms with Gasteiger partial charge in [-0.25, -0.2) is 25.9 Å². The molecule has 0 bridgehead atoms. The molecular weight excluding hydrogens is 409 g/mol. The van der Waals surface area contributed by atoms with Gasteiger partial charge in [-0.3, -0.25) is 10.0 Å². The number of hydrazine groups is 2. The maximum atomic E-state index is 13.3. The van der Waals surface area contributed by atoms with E-state index in [0.717, 1.165) is 31.1 Å². The normalized spacial score (nSPS) is 11.4. The first-order valence-corrected chi connectivity index (χ1v) is 11.2. The quantitative estimate of drug-likeness (QED) is 0.236. The van der Waals surface area contributed by atoms with Crippen LogP contribution in [0.3, 0.4) is 0 Å². The first-order valence-electron chi connectivity index (χ1n) is 8.95. The minimum atomic E-state index is -0.504. The van der Waals surface area contributed by atoms with E-state index in [1.54, 1.807) is 35.7 Å². The van der Waals surface area contributed by atoms with Gasteiger partial charge in [-0.1, -0.05) is 36.0 Å². The van der Waals surface area contributed by atoms with Crippen molar-refractivity contribution in [2.24, 2.45) is 16.7 Å². The average Bonchev–Trinajstić information content (AvgIpc) is 2.70. The Labute approximate surface area is 179 Å². The van der Waals surface area contributed by atoms with Gasteiger partial charge in [-0.05, 0) is 54.5 Å². The van der Waals surface area contributed by atoms with Gasteiger partial charge in [0.1, 0.15) is 10.2 Å². The summed E-state index contributed by atoms with van der Waals surface area (Å²) in [6.07, 6.45) is 2.64. The minimum Gasteiger partial charge on any atom is -0.271 e. The van der Waals surface area contributed by atoms with E-state index in [2.05, 4.69) is 4.99 Å². The molecule has 156 valence electrons. The number of hydrogen-bond acceptors (Lipinski definition) is 6. The van der Waals surface area contributed by atoms with Crippen LogP contribution >= 0.6 is 23.5 Å². The molecule has 0 aliphatic heterocycles. The number of aliphatic imine (C=N–C) groups is 1. The second-order valence-corrected chi connectivity index (χ2v) is 8.37. The summed E-state index contributed by atoms with van der Waals surface area (Å²) in [5.74, 6) is 11.9. The summed E-state index contributed by atoms with van der Waals surface area (Å²) >= 11 is 3.14. The molecule has 2 amide bonds. The van der Waals surface area contributed by atoms with Crippen LogP contribution in [-0.2, 0) is 12.2 Å². The van der Waals surface area contributed by atoms with Gasteiger partial charge in [0.2, 0.25) is 0 Å². The third-order valence-corrected chi connectivity index (χ3v) is 6.34. The first-order chi connectivity index (χ1) is 13.8. The highest BCUT2D eigenvalue weighted by molar-refractivity contribution is 8.38. The number of amides is 2. The Kier molecular flexibility index (Phi) is 8.97. The van der Waals surface area contributed by atoms with E-state index in [-0.39, 0.29) is 5.82 Å². The van der Waals surface area contributed by atoms with Crippen LogP contribution < -0.4 is 16.7 Å². The van der Waals surface area contributed by atoms with E-state index in [0.29, 0.717) is 24.4 Å². The van der Waals surface area contributed by atoms with E-state index >= 15 is 0 Å². The highest BCUT2D eigenvalue weighted by Crippen LogP contribution is 2.29. The predicted molar refractivity (Wildman–Crippen MR) is 122 cm³/mol. The Morgan fingerprint density at radius 1 is 1.21 bits per heavy atom. The van der Waals surface area contributed by atoms with Gasteiger partial charge in [0, 0.05) is 19.3 Å². The molecule has 29 heavy (non-hydrogen) atoms. The largest absolute Gasteiger partial charge is 0.352 e. The third kappa shape index (κ3) is 6.74. The van der Waals surface area contributed by atoms with E-state index in [4.69, 9.17) is 11.7 Å². The lowest BCUT2D eigenvalue weighted by atomic mass is 10.1. The molecule has 2 aromatic carbocycles. The SMILES string of the molecule is CS/C(=N/CCc1cccc(F)c1)SCc1c(C)cccc1N(N)C(=O)N(C)N. The van der Waals surface area contributed by atoms with Crippen LogP contribution in [0.25, 0.3) is 0 Å². The molecule has 2 aromatic rings. The first kappa shape index (κ1) is 23.2. The molecule has 4 N–H and O–H groups in total. The number of carbonyl (C=O) groups is 1. The molecule has 0 aromatic heterocycles. The zero-order valence-electron chi connectivity index (χ0n) is 16.8. The number of carbonyl (C=O) groups excluding carboxylic acids is 1. The molecule has 0 fully saturated rings. The van der Waals surface area contributed by atoms with Crippen LogP contribution in [0.2, 0.25) is 0 Å². The molecule has 0 saturated carbocycles. The highest BCUT2D eigenvalue weighted by atomic mass is 32.2. The minimum absolute atomic E-state index is 0.234. The predicted octanol–water partition coefficient (Wildman–Crippen LogP) is 3.93. The van der Waals surface area contributed by atoms with Crippen LogP contribution in [0, 0.1) is 12.7 Å². The van der Waals surface area contributed by atoms with Crippen molar-refractivity contribution < 1.29 is 9.18 Å². The lowest BCUT2D eigenvalue weighted by Crippen LogP contribution is -2.49. The zero-order valence-corrected chi connectivity index (χ0v) is 18.4. The molecule has 0 spiro atoms. The summed E-state index contributed by atoms with van der Waals surface area (Å²) in [7, 11) is 1.45. The van der Waals surface area contributed by atoms with E-state index in [1.165, 1.54) is 19.2 Å². The molecule has 0 aliphatic rings. The fraction of sp³-hybridized carbons (Fsp3) is 0.300. The molecule has 0 aliphatic carbocycles. The van der Waals surface area contributed by atoms with Gasteiger partial charge in [0.15, 0.2) is 0 Å². The standard InChI is InChI=1S/C20H26FN5OS2/c1-14-6-4-9-18(26(23)20(27)25(2)22)17(14)13-29-19(28-3)24-11-10-15-7-5-8-16(21)12-15/h4-9,12H,10-11,13,22-23H2,1-3H3/b24-19-. The summed E-state index contributed by atoms with van der Waals surface area (Å²) in [6, 6.07) is 11.7. The highest BCUT2D eigenvalue weighted by Gasteiger charge is 2.19. The summed E-state index contributed by atoms with van der Waals surface area (Å²) < 4.78 is 14.2. The third-order valence-electron chi connectivity index (χ3n) is 4.20. The summed E-state index contributed by atoms with van der Waals surface area (Å²) in [4.78, 5) is 16.8. The topological polar surface area (TPSA) is 88.0 Å². The maximum absolute atomic E-state index is 13.3. The second kappa shape index (κ2) is 11.2. The number of urea groups is 1. The summed E-state index contributed by atoms with van der Waals surface area (Å²) in [6.45, 7) is 2.55. The van der Waals surface area contributed by atoms with Gasteiger partial charge < -0.3 is 0 Å². The molecule has 0 radical (unpaired) electrons. The van der Waals surface area contributed by atoms with Crippen LogP contribution in [0.4, 0.5) is 14.9 Å². The Balaban J connectivity index is 2.07. The molecule has 6 nitrogen and oxygen atoms in total. The Morgan fingerprint density at radius 3 is 2.59 bits per heavy atom. The van der Waals surface area contributed by atoms with Crippen molar-refractivity contribution in [2.75, 3.05) is 24.9 Å². The van der Waals surface area contributed by atoms with E-state index in [9.17, 15) is 9.18 Å². The number of anilines is 1. The number of thioether (sulfide) groups is 2. The van der Waals surface area contributed by atoms with Gasteiger partial charge in [-0.2, -0.15) is 0 Å². The second-order valence-electron chi connectivity index (χ2n) is 6.36. The van der Waals surface area contributed by atoms with Crippen molar-refractivity contribution in [3.8, 4) is 0 Å². The number of halogens is 1. The number of rotatable bonds is 6. The van der Waals surface area contributed by atoms with Gasteiger partial charge in [-0.15, -0.1) is 11.8 Å². The van der Waals surface area contributed by atoms with Crippen LogP contribution in [-0.4, -0.2) is 35.3 Å². The van der Waals surface area contributed by atoms with Crippen LogP contribution in [0.5, 0.6) is 0 Å². The maximum Gasteiger partial charge on any atom is 0.352 e. The van der Waals surface area contributed by atoms with Crippen molar-refractivity contribution in [2.45, 2.75) is 19.1 Å². The van der Waals surface area contributed by atoms with Crippen LogP contribution in [0.15, 0.2) is 47.5 Å². The van der Waals surface area contributed by atoms with Gasteiger partial charge >= 0.3 is 6.03 Å². The lowest BCUT2D eigenvalue weighted by molar-refractivity contribution is 0.216. The smallest absolute Gasteiger partial charge is 0.271 e. The van der Waals surface area contributed by atoms with E-state index in [1.807, 2.05) is 31.4 Å². The number of aryl methyl sites for hydroxylation is 1. The van der Waals surface area contributed by atoms with E-state index < -0.39 is 6.03 Å². The average molecular weight is 436 g/mol. The number of benzene rings is 2. The van der Waals surface area contributed by atoms with Crippen molar-refractivity contribution >= 4 is 39.6 Å². The zero-order chi connectivity index (χ0) is 21.4. The fourth-order valence-corrected chi connectivity index (χ4v) is 4.34.